The summed E-state index contributed by atoms with van der Waals surface area (Å²) in [5.74, 6) is 1.02. The van der Waals surface area contributed by atoms with E-state index >= 15 is 0 Å². The van der Waals surface area contributed by atoms with E-state index < -0.39 is 5.41 Å². The Kier molecular flexibility index (Phi) is 4.69. The SMILES string of the molecule is COc1nc(CNC(=O)C2(c3ccccc3OC)CC2)nc(OC)n1. The lowest BCUT2D eigenvalue weighted by Gasteiger charge is -2.18. The Morgan fingerprint density at radius 1 is 1.04 bits per heavy atom. The van der Waals surface area contributed by atoms with Gasteiger partial charge < -0.3 is 19.5 Å². The number of para-hydroxylation sites is 1. The highest BCUT2D eigenvalue weighted by atomic mass is 16.5. The molecule has 2 aromatic rings. The van der Waals surface area contributed by atoms with Crippen LogP contribution >= 0.6 is 0 Å². The van der Waals surface area contributed by atoms with Crippen molar-refractivity contribution in [1.29, 1.82) is 0 Å². The van der Waals surface area contributed by atoms with Gasteiger partial charge in [0.05, 0.1) is 33.3 Å². The second kappa shape index (κ2) is 6.92. The summed E-state index contributed by atoms with van der Waals surface area (Å²) in [4.78, 5) is 24.9. The number of carbonyl (C=O) groups is 1. The number of hydrogen-bond acceptors (Lipinski definition) is 7. The Hall–Kier alpha value is -2.90. The Morgan fingerprint density at radius 2 is 1.68 bits per heavy atom. The first-order valence-corrected chi connectivity index (χ1v) is 7.87. The highest BCUT2D eigenvalue weighted by molar-refractivity contribution is 5.92. The lowest BCUT2D eigenvalue weighted by Crippen LogP contribution is -2.35. The van der Waals surface area contributed by atoms with Gasteiger partial charge in [-0.1, -0.05) is 18.2 Å². The largest absolute Gasteiger partial charge is 0.496 e. The van der Waals surface area contributed by atoms with E-state index in [1.165, 1.54) is 14.2 Å². The monoisotopic (exact) mass is 344 g/mol. The minimum absolute atomic E-state index is 0.0738. The Bertz CT molecular complexity index is 755. The number of carbonyl (C=O) groups excluding carboxylic acids is 1. The van der Waals surface area contributed by atoms with E-state index in [1.54, 1.807) is 7.11 Å². The lowest BCUT2D eigenvalue weighted by molar-refractivity contribution is -0.123. The molecule has 1 N–H and O–H groups in total. The van der Waals surface area contributed by atoms with Gasteiger partial charge in [-0.2, -0.15) is 9.97 Å². The Morgan fingerprint density at radius 3 is 2.24 bits per heavy atom. The highest BCUT2D eigenvalue weighted by Gasteiger charge is 2.52. The van der Waals surface area contributed by atoms with Crippen molar-refractivity contribution in [2.75, 3.05) is 21.3 Å². The summed E-state index contributed by atoms with van der Waals surface area (Å²) in [6.45, 7) is 0.158. The van der Waals surface area contributed by atoms with Crippen LogP contribution in [0.2, 0.25) is 0 Å². The van der Waals surface area contributed by atoms with Gasteiger partial charge in [-0.25, -0.2) is 0 Å². The highest BCUT2D eigenvalue weighted by Crippen LogP contribution is 2.51. The molecule has 0 aliphatic heterocycles. The van der Waals surface area contributed by atoms with Crippen molar-refractivity contribution >= 4 is 5.91 Å². The lowest BCUT2D eigenvalue weighted by atomic mass is 9.94. The maximum Gasteiger partial charge on any atom is 0.322 e. The molecular formula is C17H20N4O4. The molecule has 1 fully saturated rings. The van der Waals surface area contributed by atoms with Crippen LogP contribution in [0.3, 0.4) is 0 Å². The molecule has 1 aromatic carbocycles. The molecule has 0 unspecified atom stereocenters. The van der Waals surface area contributed by atoms with Crippen LogP contribution in [0.5, 0.6) is 17.8 Å². The van der Waals surface area contributed by atoms with E-state index in [9.17, 15) is 4.79 Å². The molecule has 1 aromatic heterocycles. The molecule has 0 bridgehead atoms. The van der Waals surface area contributed by atoms with Gasteiger partial charge in [0.2, 0.25) is 5.91 Å². The summed E-state index contributed by atoms with van der Waals surface area (Å²) in [6.07, 6.45) is 1.56. The van der Waals surface area contributed by atoms with Crippen LogP contribution in [0.25, 0.3) is 0 Å². The Balaban J connectivity index is 1.75. The molecule has 0 spiro atoms. The number of nitrogens with one attached hydrogen (secondary N) is 1. The van der Waals surface area contributed by atoms with Crippen molar-refractivity contribution in [3.05, 3.63) is 35.7 Å². The van der Waals surface area contributed by atoms with Gasteiger partial charge in [0.1, 0.15) is 5.75 Å². The van der Waals surface area contributed by atoms with Crippen LogP contribution in [0, 0.1) is 0 Å². The van der Waals surface area contributed by atoms with Crippen LogP contribution in [0.4, 0.5) is 0 Å². The summed E-state index contributed by atoms with van der Waals surface area (Å²) in [6, 6.07) is 7.88. The van der Waals surface area contributed by atoms with Crippen LogP contribution in [0.1, 0.15) is 24.2 Å². The Labute approximate surface area is 145 Å². The first kappa shape index (κ1) is 16.9. The average Bonchev–Trinajstić information content (AvgIpc) is 3.47. The predicted molar refractivity (Wildman–Crippen MR) is 88.7 cm³/mol. The van der Waals surface area contributed by atoms with Crippen molar-refractivity contribution in [2.24, 2.45) is 0 Å². The number of ether oxygens (including phenoxy) is 3. The standard InChI is InChI=1S/C17H20N4O4/c1-23-12-7-5-4-6-11(12)17(8-9-17)14(22)18-10-13-19-15(24-2)21-16(20-13)25-3/h4-7H,8-10H2,1-3H3,(H,18,22). The fourth-order valence-corrected chi connectivity index (χ4v) is 2.75. The molecule has 1 amide bonds. The van der Waals surface area contributed by atoms with Crippen molar-refractivity contribution in [2.45, 2.75) is 24.8 Å². The maximum atomic E-state index is 12.8. The normalized spacial score (nSPS) is 14.5. The number of rotatable bonds is 7. The summed E-state index contributed by atoms with van der Waals surface area (Å²) in [5, 5.41) is 2.90. The molecule has 25 heavy (non-hydrogen) atoms. The number of nitrogens with zero attached hydrogens (tertiary/aromatic N) is 3. The molecule has 1 aliphatic carbocycles. The van der Waals surface area contributed by atoms with E-state index in [4.69, 9.17) is 14.2 Å². The molecular weight excluding hydrogens is 324 g/mol. The number of aromatic nitrogens is 3. The molecule has 132 valence electrons. The third kappa shape index (κ3) is 3.33. The van der Waals surface area contributed by atoms with Crippen LogP contribution < -0.4 is 19.5 Å². The minimum Gasteiger partial charge on any atom is -0.496 e. The van der Waals surface area contributed by atoms with E-state index in [0.29, 0.717) is 5.82 Å². The van der Waals surface area contributed by atoms with Gasteiger partial charge in [0.15, 0.2) is 5.82 Å². The average molecular weight is 344 g/mol. The minimum atomic E-state index is -0.548. The predicted octanol–water partition coefficient (Wildman–Crippen LogP) is 1.25. The summed E-state index contributed by atoms with van der Waals surface area (Å²) in [7, 11) is 4.52. The molecule has 0 radical (unpaired) electrons. The van der Waals surface area contributed by atoms with E-state index in [1.807, 2.05) is 24.3 Å². The zero-order valence-electron chi connectivity index (χ0n) is 14.4. The van der Waals surface area contributed by atoms with Gasteiger partial charge in [-0.05, 0) is 18.9 Å². The zero-order valence-corrected chi connectivity index (χ0v) is 14.4. The second-order valence-electron chi connectivity index (χ2n) is 5.69. The van der Waals surface area contributed by atoms with Crippen molar-refractivity contribution in [3.63, 3.8) is 0 Å². The molecule has 1 saturated carbocycles. The van der Waals surface area contributed by atoms with Crippen LogP contribution in [-0.4, -0.2) is 42.2 Å². The fourth-order valence-electron chi connectivity index (χ4n) is 2.75. The van der Waals surface area contributed by atoms with E-state index in [0.717, 1.165) is 24.2 Å². The fraction of sp³-hybridized carbons (Fsp3) is 0.412. The number of methoxy groups -OCH3 is 3. The molecule has 8 nitrogen and oxygen atoms in total. The van der Waals surface area contributed by atoms with Crippen LogP contribution in [0.15, 0.2) is 24.3 Å². The molecule has 0 atom stereocenters. The van der Waals surface area contributed by atoms with Crippen LogP contribution in [-0.2, 0) is 16.8 Å². The van der Waals surface area contributed by atoms with E-state index in [-0.39, 0.29) is 24.5 Å². The summed E-state index contributed by atoms with van der Waals surface area (Å²) < 4.78 is 15.4. The topological polar surface area (TPSA) is 95.5 Å². The molecule has 0 saturated heterocycles. The maximum absolute atomic E-state index is 12.8. The van der Waals surface area contributed by atoms with Crippen molar-refractivity contribution in [1.82, 2.24) is 20.3 Å². The van der Waals surface area contributed by atoms with Gasteiger partial charge in [-0.3, -0.25) is 4.79 Å². The quantitative estimate of drug-likeness (QED) is 0.807. The zero-order chi connectivity index (χ0) is 17.9. The molecule has 8 heteroatoms. The second-order valence-corrected chi connectivity index (χ2v) is 5.69. The van der Waals surface area contributed by atoms with Gasteiger partial charge in [0.25, 0.3) is 0 Å². The van der Waals surface area contributed by atoms with E-state index in [2.05, 4.69) is 20.3 Å². The summed E-state index contributed by atoms with van der Waals surface area (Å²) in [5.41, 5.74) is 0.356. The first-order valence-electron chi connectivity index (χ1n) is 7.87. The number of benzene rings is 1. The number of hydrogen-bond donors (Lipinski definition) is 1. The smallest absolute Gasteiger partial charge is 0.322 e. The molecule has 1 heterocycles. The number of amides is 1. The summed E-state index contributed by atoms with van der Waals surface area (Å²) >= 11 is 0. The third-order valence-corrected chi connectivity index (χ3v) is 4.22. The van der Waals surface area contributed by atoms with Gasteiger partial charge >= 0.3 is 12.0 Å². The molecule has 3 rings (SSSR count). The third-order valence-electron chi connectivity index (χ3n) is 4.22. The first-order chi connectivity index (χ1) is 12.1. The van der Waals surface area contributed by atoms with Gasteiger partial charge in [-0.15, -0.1) is 4.98 Å². The van der Waals surface area contributed by atoms with Gasteiger partial charge in [0, 0.05) is 5.56 Å². The van der Waals surface area contributed by atoms with Crippen molar-refractivity contribution < 1.29 is 19.0 Å². The molecule has 1 aliphatic rings. The van der Waals surface area contributed by atoms with Crippen molar-refractivity contribution in [3.8, 4) is 17.8 Å².